The summed E-state index contributed by atoms with van der Waals surface area (Å²) < 4.78 is 5.12. The minimum atomic E-state index is 0.0931. The lowest BCUT2D eigenvalue weighted by molar-refractivity contribution is 0.165. The fourth-order valence-electron chi connectivity index (χ4n) is 1.03. The van der Waals surface area contributed by atoms with Crippen molar-refractivity contribution in [2.75, 3.05) is 13.2 Å². The van der Waals surface area contributed by atoms with Gasteiger partial charge in [0.2, 0.25) is 0 Å². The molecule has 5 N–H and O–H groups in total. The van der Waals surface area contributed by atoms with Gasteiger partial charge in [-0.05, 0) is 19.8 Å². The van der Waals surface area contributed by atoms with Crippen LogP contribution in [0.5, 0.6) is 0 Å². The van der Waals surface area contributed by atoms with Crippen molar-refractivity contribution in [3.8, 4) is 0 Å². The van der Waals surface area contributed by atoms with E-state index in [0.29, 0.717) is 12.6 Å². The molecule has 4 nitrogen and oxygen atoms in total. The lowest BCUT2D eigenvalue weighted by Crippen LogP contribution is -2.17. The molecule has 0 saturated carbocycles. The summed E-state index contributed by atoms with van der Waals surface area (Å²) in [5.41, 5.74) is 10.7. The second-order valence-electron chi connectivity index (χ2n) is 3.40. The fourth-order valence-corrected chi connectivity index (χ4v) is 1.03. The average Bonchev–Trinajstić information content (AvgIpc) is 2.01. The molecule has 0 saturated heterocycles. The van der Waals surface area contributed by atoms with Gasteiger partial charge < -0.3 is 16.2 Å². The van der Waals surface area contributed by atoms with Crippen molar-refractivity contribution < 1.29 is 4.74 Å². The zero-order valence-corrected chi connectivity index (χ0v) is 8.38. The number of ether oxygens (including phenoxy) is 1. The third kappa shape index (κ3) is 11.4. The standard InChI is InChI=1S/C9H21N3O/c1-8(10)5-3-2-4-6-13-7-9(11)12/h8H,2-7,10H2,1H3,(H3,11,12). The number of hydrogen-bond donors (Lipinski definition) is 3. The van der Waals surface area contributed by atoms with Gasteiger partial charge in [0, 0.05) is 12.6 Å². The average molecular weight is 187 g/mol. The predicted molar refractivity (Wildman–Crippen MR) is 54.9 cm³/mol. The van der Waals surface area contributed by atoms with Crippen molar-refractivity contribution in [2.45, 2.75) is 38.6 Å². The van der Waals surface area contributed by atoms with Crippen molar-refractivity contribution in [1.29, 1.82) is 5.41 Å². The molecule has 0 spiro atoms. The quantitative estimate of drug-likeness (QED) is 0.299. The summed E-state index contributed by atoms with van der Waals surface area (Å²) in [6.45, 7) is 2.97. The number of nitrogens with one attached hydrogen (secondary N) is 1. The van der Waals surface area contributed by atoms with Gasteiger partial charge in [0.1, 0.15) is 12.4 Å². The van der Waals surface area contributed by atoms with E-state index in [9.17, 15) is 0 Å². The summed E-state index contributed by atoms with van der Waals surface area (Å²) in [4.78, 5) is 0. The molecule has 0 aliphatic rings. The lowest BCUT2D eigenvalue weighted by Gasteiger charge is -2.04. The first-order chi connectivity index (χ1) is 6.13. The first kappa shape index (κ1) is 12.4. The van der Waals surface area contributed by atoms with Crippen LogP contribution in [0.25, 0.3) is 0 Å². The van der Waals surface area contributed by atoms with Gasteiger partial charge in [0.15, 0.2) is 0 Å². The smallest absolute Gasteiger partial charge is 0.117 e. The van der Waals surface area contributed by atoms with Gasteiger partial charge in [-0.15, -0.1) is 0 Å². The molecule has 78 valence electrons. The van der Waals surface area contributed by atoms with Crippen molar-refractivity contribution in [3.05, 3.63) is 0 Å². The van der Waals surface area contributed by atoms with E-state index in [4.69, 9.17) is 21.6 Å². The molecule has 0 radical (unpaired) electrons. The van der Waals surface area contributed by atoms with E-state index >= 15 is 0 Å². The molecular weight excluding hydrogens is 166 g/mol. The highest BCUT2D eigenvalue weighted by Gasteiger charge is 1.94. The van der Waals surface area contributed by atoms with Crippen LogP contribution in [0, 0.1) is 5.41 Å². The maximum Gasteiger partial charge on any atom is 0.117 e. The zero-order chi connectivity index (χ0) is 10.1. The van der Waals surface area contributed by atoms with Crippen LogP contribution in [0.3, 0.4) is 0 Å². The Bertz CT molecular complexity index is 137. The molecule has 0 aromatic carbocycles. The van der Waals surface area contributed by atoms with E-state index < -0.39 is 0 Å². The Morgan fingerprint density at radius 3 is 2.62 bits per heavy atom. The van der Waals surface area contributed by atoms with Crippen molar-refractivity contribution in [1.82, 2.24) is 0 Å². The van der Waals surface area contributed by atoms with Crippen LogP contribution in [0.15, 0.2) is 0 Å². The predicted octanol–water partition coefficient (Wildman–Crippen LogP) is 0.847. The first-order valence-electron chi connectivity index (χ1n) is 4.79. The van der Waals surface area contributed by atoms with E-state index in [1.165, 1.54) is 0 Å². The van der Waals surface area contributed by atoms with Crippen molar-refractivity contribution in [3.63, 3.8) is 0 Å². The summed E-state index contributed by atoms with van der Waals surface area (Å²) in [6, 6.07) is 0.304. The summed E-state index contributed by atoms with van der Waals surface area (Å²) in [7, 11) is 0. The third-order valence-electron chi connectivity index (χ3n) is 1.71. The summed E-state index contributed by atoms with van der Waals surface area (Å²) in [5, 5.41) is 6.90. The van der Waals surface area contributed by atoms with Gasteiger partial charge in [-0.2, -0.15) is 0 Å². The zero-order valence-electron chi connectivity index (χ0n) is 8.38. The Labute approximate surface area is 80.1 Å². The van der Waals surface area contributed by atoms with Gasteiger partial charge in [-0.25, -0.2) is 0 Å². The molecule has 0 fully saturated rings. The van der Waals surface area contributed by atoms with Crippen LogP contribution >= 0.6 is 0 Å². The van der Waals surface area contributed by atoms with Gasteiger partial charge in [-0.1, -0.05) is 12.8 Å². The number of unbranched alkanes of at least 4 members (excludes halogenated alkanes) is 2. The Kier molecular flexibility index (Phi) is 7.63. The van der Waals surface area contributed by atoms with E-state index in [0.717, 1.165) is 25.7 Å². The van der Waals surface area contributed by atoms with Crippen molar-refractivity contribution in [2.24, 2.45) is 11.5 Å². The minimum absolute atomic E-state index is 0.0931. The maximum atomic E-state index is 6.90. The Morgan fingerprint density at radius 2 is 2.08 bits per heavy atom. The Balaban J connectivity index is 2.96. The summed E-state index contributed by atoms with van der Waals surface area (Å²) >= 11 is 0. The van der Waals surface area contributed by atoms with Crippen LogP contribution in [0.1, 0.15) is 32.6 Å². The molecule has 0 aliphatic carbocycles. The van der Waals surface area contributed by atoms with Gasteiger partial charge in [0.25, 0.3) is 0 Å². The number of rotatable bonds is 8. The Morgan fingerprint density at radius 1 is 1.38 bits per heavy atom. The summed E-state index contributed by atoms with van der Waals surface area (Å²) in [5.74, 6) is 0.0931. The molecule has 0 bridgehead atoms. The molecule has 1 atom stereocenters. The van der Waals surface area contributed by atoms with E-state index in [1.807, 2.05) is 6.92 Å². The number of hydrogen-bond acceptors (Lipinski definition) is 3. The monoisotopic (exact) mass is 187 g/mol. The first-order valence-corrected chi connectivity index (χ1v) is 4.79. The van der Waals surface area contributed by atoms with Gasteiger partial charge in [0.05, 0.1) is 0 Å². The second kappa shape index (κ2) is 8.01. The summed E-state index contributed by atoms with van der Waals surface area (Å²) in [6.07, 6.45) is 4.40. The SMILES string of the molecule is CC(N)CCCCCOCC(=N)N. The van der Waals surface area contributed by atoms with E-state index in [-0.39, 0.29) is 12.4 Å². The van der Waals surface area contributed by atoms with Crippen LogP contribution in [0.4, 0.5) is 0 Å². The molecule has 0 rings (SSSR count). The molecule has 1 unspecified atom stereocenters. The molecule has 13 heavy (non-hydrogen) atoms. The third-order valence-corrected chi connectivity index (χ3v) is 1.71. The largest absolute Gasteiger partial charge is 0.386 e. The highest BCUT2D eigenvalue weighted by atomic mass is 16.5. The van der Waals surface area contributed by atoms with Crippen LogP contribution in [-0.4, -0.2) is 25.1 Å². The normalized spacial score (nSPS) is 12.8. The Hall–Kier alpha value is -0.610. The molecule has 0 heterocycles. The van der Waals surface area contributed by atoms with E-state index in [1.54, 1.807) is 0 Å². The molecule has 0 amide bonds. The molecule has 0 aromatic rings. The van der Waals surface area contributed by atoms with Crippen LogP contribution in [-0.2, 0) is 4.74 Å². The van der Waals surface area contributed by atoms with Crippen molar-refractivity contribution >= 4 is 5.84 Å². The fraction of sp³-hybridized carbons (Fsp3) is 0.889. The van der Waals surface area contributed by atoms with Gasteiger partial charge >= 0.3 is 0 Å². The van der Waals surface area contributed by atoms with Crippen LogP contribution < -0.4 is 11.5 Å². The number of nitrogens with two attached hydrogens (primary N) is 2. The van der Waals surface area contributed by atoms with Crippen LogP contribution in [0.2, 0.25) is 0 Å². The lowest BCUT2D eigenvalue weighted by atomic mass is 10.1. The van der Waals surface area contributed by atoms with E-state index in [2.05, 4.69) is 0 Å². The maximum absolute atomic E-state index is 6.90. The molecular formula is C9H21N3O. The highest BCUT2D eigenvalue weighted by molar-refractivity contribution is 5.78. The second-order valence-corrected chi connectivity index (χ2v) is 3.40. The minimum Gasteiger partial charge on any atom is -0.386 e. The molecule has 4 heteroatoms. The number of amidine groups is 1. The molecule has 0 aliphatic heterocycles. The highest BCUT2D eigenvalue weighted by Crippen LogP contribution is 2.01. The molecule has 0 aromatic heterocycles. The van der Waals surface area contributed by atoms with Gasteiger partial charge in [-0.3, -0.25) is 5.41 Å². The topological polar surface area (TPSA) is 85.1 Å².